The normalized spacial score (nSPS) is 25.6. The van der Waals surface area contributed by atoms with E-state index >= 15 is 0 Å². The van der Waals surface area contributed by atoms with Crippen molar-refractivity contribution >= 4 is 55.2 Å². The van der Waals surface area contributed by atoms with E-state index in [1.54, 1.807) is 24.9 Å². The number of aromatic nitrogens is 4. The smallest absolute Gasteiger partial charge is 0.371 e. The van der Waals surface area contributed by atoms with E-state index in [1.165, 1.54) is 0 Å². The van der Waals surface area contributed by atoms with Gasteiger partial charge in [0.1, 0.15) is 0 Å². The molecule has 29 heavy (non-hydrogen) atoms. The zero-order chi connectivity index (χ0) is 21.6. The van der Waals surface area contributed by atoms with Crippen LogP contribution in [0.25, 0.3) is 11.2 Å². The highest BCUT2D eigenvalue weighted by molar-refractivity contribution is 14.1. The van der Waals surface area contributed by atoms with Crippen LogP contribution in [-0.4, -0.2) is 58.9 Å². The molecule has 0 amide bonds. The summed E-state index contributed by atoms with van der Waals surface area (Å²) in [5, 5.41) is 2.94. The van der Waals surface area contributed by atoms with Gasteiger partial charge >= 0.3 is 15.6 Å². The first-order valence-corrected chi connectivity index (χ1v) is 12.5. The zero-order valence-electron chi connectivity index (χ0n) is 15.3. The summed E-state index contributed by atoms with van der Waals surface area (Å²) in [7, 11) is -7.91. The molecule has 3 rings (SSSR count). The van der Waals surface area contributed by atoms with E-state index in [0.29, 0.717) is 20.8 Å². The molecule has 162 valence electrons. The Morgan fingerprint density at radius 3 is 2.59 bits per heavy atom. The molecule has 5 N–H and O–H groups in total. The lowest BCUT2D eigenvalue weighted by Gasteiger charge is -2.30. The lowest BCUT2D eigenvalue weighted by molar-refractivity contribution is 0.0168. The molecule has 0 bridgehead atoms. The number of nitrogens with zero attached hydrogens (tertiary/aromatic N) is 4. The fraction of sp³-hybridized carbons (Fsp3) is 0.615. The summed E-state index contributed by atoms with van der Waals surface area (Å²) in [6, 6.07) is -0.350. The van der Waals surface area contributed by atoms with E-state index in [-0.39, 0.29) is 18.9 Å². The van der Waals surface area contributed by atoms with Gasteiger partial charge in [-0.3, -0.25) is 9.05 Å². The first-order valence-electron chi connectivity index (χ1n) is 8.33. The van der Waals surface area contributed by atoms with E-state index in [4.69, 9.17) is 14.3 Å². The summed E-state index contributed by atoms with van der Waals surface area (Å²) in [6.07, 6.45) is 0.957. The number of anilines is 1. The minimum atomic E-state index is -4.84. The van der Waals surface area contributed by atoms with Gasteiger partial charge in [-0.2, -0.15) is 0 Å². The van der Waals surface area contributed by atoms with Crippen LogP contribution in [0.1, 0.15) is 25.8 Å². The van der Waals surface area contributed by atoms with Crippen molar-refractivity contribution in [1.82, 2.24) is 19.5 Å². The lowest BCUT2D eigenvalue weighted by atomic mass is 9.87. The molecule has 0 unspecified atom stereocenters. The number of halogens is 1. The van der Waals surface area contributed by atoms with Gasteiger partial charge in [-0.05, 0) is 12.8 Å². The van der Waals surface area contributed by atoms with E-state index in [9.17, 15) is 18.9 Å². The Kier molecular flexibility index (Phi) is 6.41. The molecule has 0 spiro atoms. The highest BCUT2D eigenvalue weighted by atomic mass is 127. The zero-order valence-corrected chi connectivity index (χ0v) is 19.3. The van der Waals surface area contributed by atoms with Crippen molar-refractivity contribution in [3.8, 4) is 0 Å². The number of phosphoric acid groups is 2. The van der Waals surface area contributed by atoms with Crippen molar-refractivity contribution in [2.24, 2.45) is 5.41 Å². The number of hydrogen-bond donors (Lipinski definition) is 5. The van der Waals surface area contributed by atoms with Crippen LogP contribution in [0.2, 0.25) is 0 Å². The SMILES string of the molecule is CNc1nc(I)nc2c1ncn2[C@H]1C[C@H](OP(=O)(O)O)[C@@](C)(COP(=O)(O)O)C1. The quantitative estimate of drug-likeness (QED) is 0.185. The minimum Gasteiger partial charge on any atom is -0.371 e. The Hall–Kier alpha value is -0.700. The van der Waals surface area contributed by atoms with Crippen molar-refractivity contribution in [2.75, 3.05) is 19.0 Å². The topological polar surface area (TPSA) is 189 Å². The Bertz CT molecular complexity index is 1010. The molecule has 1 aliphatic rings. The van der Waals surface area contributed by atoms with Crippen LogP contribution in [0.4, 0.5) is 5.82 Å². The molecule has 1 fully saturated rings. The predicted molar refractivity (Wildman–Crippen MR) is 109 cm³/mol. The number of nitrogens with one attached hydrogen (secondary N) is 1. The van der Waals surface area contributed by atoms with E-state index in [0.717, 1.165) is 0 Å². The van der Waals surface area contributed by atoms with Gasteiger partial charge in [0.25, 0.3) is 0 Å². The van der Waals surface area contributed by atoms with Crippen LogP contribution in [0.5, 0.6) is 0 Å². The molecule has 13 nitrogen and oxygen atoms in total. The van der Waals surface area contributed by atoms with Crippen LogP contribution in [0, 0.1) is 9.25 Å². The van der Waals surface area contributed by atoms with Crippen LogP contribution in [-0.2, 0) is 18.2 Å². The van der Waals surface area contributed by atoms with E-state index in [2.05, 4.69) is 24.8 Å². The number of phosphoric ester groups is 2. The molecule has 3 atom stereocenters. The molecule has 0 aliphatic heterocycles. The summed E-state index contributed by atoms with van der Waals surface area (Å²) < 4.78 is 34.4. The van der Waals surface area contributed by atoms with Gasteiger partial charge in [-0.1, -0.05) is 6.92 Å². The first-order chi connectivity index (χ1) is 13.3. The molecule has 0 saturated heterocycles. The van der Waals surface area contributed by atoms with Crippen molar-refractivity contribution in [3.05, 3.63) is 10.2 Å². The average molecular weight is 563 g/mol. The van der Waals surface area contributed by atoms with Crippen molar-refractivity contribution in [2.45, 2.75) is 31.9 Å². The summed E-state index contributed by atoms with van der Waals surface area (Å²) in [6.45, 7) is 1.15. The summed E-state index contributed by atoms with van der Waals surface area (Å²) in [5.41, 5.74) is -0.0236. The maximum Gasteiger partial charge on any atom is 0.469 e. The second kappa shape index (κ2) is 8.09. The van der Waals surface area contributed by atoms with Crippen LogP contribution >= 0.6 is 38.2 Å². The minimum absolute atomic E-state index is 0.160. The predicted octanol–water partition coefficient (Wildman–Crippen LogP) is 1.40. The average Bonchev–Trinajstić information content (AvgIpc) is 3.12. The van der Waals surface area contributed by atoms with Crippen molar-refractivity contribution in [1.29, 1.82) is 0 Å². The third-order valence-corrected chi connectivity index (χ3v) is 6.29. The number of imidazole rings is 1. The standard InChI is InChI=1S/C13H20IN5O8P2/c1-13(5-26-28(20,21)22)4-7(3-8(13)27-29(23,24)25)19-6-16-9-10(15-2)17-12(14)18-11(9)19/h6-8H,3-5H2,1-2H3,(H,15,17,18)(H2,20,21,22)(H2,23,24,25)/t7-,8-,13+/m0/s1. The molecule has 2 aromatic rings. The number of fused-ring (bicyclic) bond motifs is 1. The fourth-order valence-electron chi connectivity index (χ4n) is 3.55. The van der Waals surface area contributed by atoms with Crippen molar-refractivity contribution in [3.63, 3.8) is 0 Å². The fourth-order valence-corrected chi connectivity index (χ4v) is 5.15. The van der Waals surface area contributed by atoms with Gasteiger partial charge in [-0.15, -0.1) is 0 Å². The highest BCUT2D eigenvalue weighted by Crippen LogP contribution is 2.54. The van der Waals surface area contributed by atoms with Gasteiger partial charge in [0.05, 0.1) is 19.0 Å². The third kappa shape index (κ3) is 5.32. The lowest BCUT2D eigenvalue weighted by Crippen LogP contribution is -2.33. The van der Waals surface area contributed by atoms with Gasteiger partial charge in [0.2, 0.25) is 0 Å². The summed E-state index contributed by atoms with van der Waals surface area (Å²) in [5.74, 6) is 0.534. The third-order valence-electron chi connectivity index (χ3n) is 4.82. The Labute approximate surface area is 178 Å². The monoisotopic (exact) mass is 563 g/mol. The molecule has 1 saturated carbocycles. The van der Waals surface area contributed by atoms with Gasteiger partial charge < -0.3 is 29.5 Å². The maximum atomic E-state index is 11.4. The first kappa shape index (κ1) is 23.0. The number of rotatable bonds is 7. The van der Waals surface area contributed by atoms with Gasteiger partial charge in [0, 0.05) is 41.1 Å². The second-order valence-electron chi connectivity index (χ2n) is 7.01. The molecule has 0 radical (unpaired) electrons. The molecular weight excluding hydrogens is 543 g/mol. The molecule has 2 aromatic heterocycles. The van der Waals surface area contributed by atoms with Crippen LogP contribution in [0.15, 0.2) is 6.33 Å². The molecule has 1 aliphatic carbocycles. The molecule has 0 aromatic carbocycles. The Morgan fingerprint density at radius 2 is 2.00 bits per heavy atom. The molecular formula is C13H20IN5O8P2. The summed E-state index contributed by atoms with van der Waals surface area (Å²) in [4.78, 5) is 49.6. The van der Waals surface area contributed by atoms with E-state index in [1.807, 2.05) is 22.6 Å². The largest absolute Gasteiger partial charge is 0.469 e. The van der Waals surface area contributed by atoms with E-state index < -0.39 is 33.8 Å². The second-order valence-corrected chi connectivity index (χ2v) is 10.4. The summed E-state index contributed by atoms with van der Waals surface area (Å²) >= 11 is 1.97. The van der Waals surface area contributed by atoms with Crippen LogP contribution in [0.3, 0.4) is 0 Å². The number of hydrogen-bond acceptors (Lipinski definition) is 8. The Balaban J connectivity index is 1.97. The maximum absolute atomic E-state index is 11.4. The Morgan fingerprint density at radius 1 is 1.31 bits per heavy atom. The molecule has 16 heteroatoms. The van der Waals surface area contributed by atoms with Gasteiger partial charge in [-0.25, -0.2) is 24.1 Å². The van der Waals surface area contributed by atoms with Crippen LogP contribution < -0.4 is 5.32 Å². The molecule has 2 heterocycles. The van der Waals surface area contributed by atoms with Gasteiger partial charge in [0.15, 0.2) is 20.8 Å². The highest BCUT2D eigenvalue weighted by Gasteiger charge is 2.49. The van der Waals surface area contributed by atoms with Crippen molar-refractivity contribution < 1.29 is 37.8 Å².